The molecule has 1 aromatic rings. The van der Waals surface area contributed by atoms with Crippen molar-refractivity contribution in [1.29, 1.82) is 0 Å². The van der Waals surface area contributed by atoms with E-state index in [9.17, 15) is 4.79 Å². The Balaban J connectivity index is 0.00000147. The molecule has 0 radical (unpaired) electrons. The van der Waals surface area contributed by atoms with Crippen molar-refractivity contribution < 1.29 is 4.79 Å². The average molecular weight is 315 g/mol. The Hall–Kier alpha value is -0.580. The number of nitrogens with one attached hydrogen (secondary N) is 1. The topological polar surface area (TPSA) is 32.3 Å². The molecular formula is C15H23ClN2OS. The number of amides is 1. The summed E-state index contributed by atoms with van der Waals surface area (Å²) in [6.07, 6.45) is 5.62. The van der Waals surface area contributed by atoms with Crippen LogP contribution in [-0.4, -0.2) is 36.5 Å². The van der Waals surface area contributed by atoms with Gasteiger partial charge in [-0.15, -0.1) is 23.7 Å². The zero-order chi connectivity index (χ0) is 13.1. The second-order valence-electron chi connectivity index (χ2n) is 5.76. The summed E-state index contributed by atoms with van der Waals surface area (Å²) < 4.78 is 0. The van der Waals surface area contributed by atoms with Gasteiger partial charge >= 0.3 is 0 Å². The van der Waals surface area contributed by atoms with Crippen LogP contribution in [0.1, 0.15) is 30.6 Å². The van der Waals surface area contributed by atoms with Gasteiger partial charge in [0.15, 0.2) is 0 Å². The van der Waals surface area contributed by atoms with Crippen molar-refractivity contribution in [1.82, 2.24) is 10.2 Å². The monoisotopic (exact) mass is 314 g/mol. The smallest absolute Gasteiger partial charge is 0.227 e. The van der Waals surface area contributed by atoms with Crippen LogP contribution in [0, 0.1) is 5.92 Å². The fraction of sp³-hybridized carbons (Fsp3) is 0.667. The first-order valence-electron chi connectivity index (χ1n) is 7.35. The highest BCUT2D eigenvalue weighted by molar-refractivity contribution is 7.10. The summed E-state index contributed by atoms with van der Waals surface area (Å²) in [4.78, 5) is 15.4. The van der Waals surface area contributed by atoms with Crippen LogP contribution in [0.5, 0.6) is 0 Å². The van der Waals surface area contributed by atoms with Crippen LogP contribution in [0.15, 0.2) is 17.5 Å². The van der Waals surface area contributed by atoms with Crippen LogP contribution in [0.3, 0.4) is 0 Å². The molecule has 1 N–H and O–H groups in total. The Morgan fingerprint density at radius 2 is 2.05 bits per heavy atom. The first kappa shape index (κ1) is 15.8. The van der Waals surface area contributed by atoms with E-state index in [2.05, 4.69) is 5.32 Å². The van der Waals surface area contributed by atoms with Gasteiger partial charge in [0.25, 0.3) is 0 Å². The zero-order valence-corrected chi connectivity index (χ0v) is 13.3. The minimum Gasteiger partial charge on any atom is -0.342 e. The summed E-state index contributed by atoms with van der Waals surface area (Å²) in [5, 5.41) is 5.69. The summed E-state index contributed by atoms with van der Waals surface area (Å²) in [7, 11) is 0. The molecule has 20 heavy (non-hydrogen) atoms. The maximum atomic E-state index is 12.2. The molecule has 1 amide bonds. The Bertz CT molecular complexity index is 412. The lowest BCUT2D eigenvalue weighted by Crippen LogP contribution is -2.45. The van der Waals surface area contributed by atoms with Crippen LogP contribution in [0.2, 0.25) is 0 Å². The van der Waals surface area contributed by atoms with Crippen LogP contribution < -0.4 is 5.32 Å². The highest BCUT2D eigenvalue weighted by Crippen LogP contribution is 2.28. The predicted molar refractivity (Wildman–Crippen MR) is 85.6 cm³/mol. The molecule has 0 bridgehead atoms. The Morgan fingerprint density at radius 3 is 2.65 bits per heavy atom. The quantitative estimate of drug-likeness (QED) is 0.906. The van der Waals surface area contributed by atoms with E-state index in [1.54, 1.807) is 11.3 Å². The lowest BCUT2D eigenvalue weighted by molar-refractivity contribution is -0.131. The maximum Gasteiger partial charge on any atom is 0.227 e. The number of thiophene rings is 1. The largest absolute Gasteiger partial charge is 0.342 e. The van der Waals surface area contributed by atoms with Crippen LogP contribution in [0.4, 0.5) is 0 Å². The van der Waals surface area contributed by atoms with Crippen molar-refractivity contribution in [2.24, 2.45) is 5.92 Å². The highest BCUT2D eigenvalue weighted by atomic mass is 35.5. The van der Waals surface area contributed by atoms with E-state index in [0.29, 0.717) is 18.4 Å². The predicted octanol–water partition coefficient (Wildman–Crippen LogP) is 2.70. The molecule has 0 spiro atoms. The minimum absolute atomic E-state index is 0. The van der Waals surface area contributed by atoms with Gasteiger partial charge in [-0.1, -0.05) is 6.07 Å². The minimum atomic E-state index is 0. The number of piperidine rings is 1. The van der Waals surface area contributed by atoms with E-state index in [-0.39, 0.29) is 12.4 Å². The molecule has 3 nitrogen and oxygen atoms in total. The number of carbonyl (C=O) groups excluding carboxylic acids is 1. The van der Waals surface area contributed by atoms with E-state index >= 15 is 0 Å². The van der Waals surface area contributed by atoms with E-state index in [0.717, 1.165) is 31.8 Å². The van der Waals surface area contributed by atoms with E-state index in [1.807, 2.05) is 22.4 Å². The standard InChI is InChI=1S/C15H22N2OS.ClH/c18-15(10-14-2-1-9-19-14)17-7-5-13(6-8-17)16-11-12-3-4-12;/h1-2,9,12-13,16H,3-8,10-11H2;1H. The number of halogens is 1. The van der Waals surface area contributed by atoms with Crippen molar-refractivity contribution in [2.45, 2.75) is 38.1 Å². The first-order chi connectivity index (χ1) is 9.31. The highest BCUT2D eigenvalue weighted by Gasteiger charge is 2.25. The van der Waals surface area contributed by atoms with Crippen molar-refractivity contribution in [3.05, 3.63) is 22.4 Å². The lowest BCUT2D eigenvalue weighted by Gasteiger charge is -2.32. The number of carbonyl (C=O) groups is 1. The summed E-state index contributed by atoms with van der Waals surface area (Å²) in [6.45, 7) is 3.03. The van der Waals surface area contributed by atoms with Crippen LogP contribution in [-0.2, 0) is 11.2 Å². The molecule has 2 heterocycles. The third-order valence-corrected chi connectivity index (χ3v) is 5.02. The SMILES string of the molecule is Cl.O=C(Cc1cccs1)N1CCC(NCC2CC2)CC1. The lowest BCUT2D eigenvalue weighted by atomic mass is 10.0. The van der Waals surface area contributed by atoms with Gasteiger partial charge in [0, 0.05) is 24.0 Å². The fourth-order valence-electron chi connectivity index (χ4n) is 2.66. The van der Waals surface area contributed by atoms with Crippen molar-refractivity contribution in [3.63, 3.8) is 0 Å². The molecule has 3 rings (SSSR count). The first-order valence-corrected chi connectivity index (χ1v) is 8.23. The number of nitrogens with zero attached hydrogens (tertiary/aromatic N) is 1. The molecular weight excluding hydrogens is 292 g/mol. The molecule has 1 aromatic heterocycles. The molecule has 2 fully saturated rings. The van der Waals surface area contributed by atoms with Gasteiger partial charge in [-0.05, 0) is 49.6 Å². The Labute approximate surface area is 131 Å². The third-order valence-electron chi connectivity index (χ3n) is 4.15. The summed E-state index contributed by atoms with van der Waals surface area (Å²) in [5.74, 6) is 1.24. The van der Waals surface area contributed by atoms with Gasteiger partial charge < -0.3 is 10.2 Å². The fourth-order valence-corrected chi connectivity index (χ4v) is 3.36. The molecule has 0 atom stereocenters. The van der Waals surface area contributed by atoms with Crippen LogP contribution >= 0.6 is 23.7 Å². The van der Waals surface area contributed by atoms with E-state index in [1.165, 1.54) is 24.3 Å². The molecule has 1 aliphatic carbocycles. The van der Waals surface area contributed by atoms with Gasteiger partial charge in [0.2, 0.25) is 5.91 Å². The van der Waals surface area contributed by atoms with Crippen molar-refractivity contribution in [3.8, 4) is 0 Å². The zero-order valence-electron chi connectivity index (χ0n) is 11.7. The molecule has 112 valence electrons. The molecule has 1 saturated carbocycles. The molecule has 0 aromatic carbocycles. The number of likely N-dealkylation sites (tertiary alicyclic amines) is 1. The number of hydrogen-bond donors (Lipinski definition) is 1. The Morgan fingerprint density at radius 1 is 1.30 bits per heavy atom. The number of hydrogen-bond acceptors (Lipinski definition) is 3. The normalized spacial score (nSPS) is 19.7. The molecule has 5 heteroatoms. The third kappa shape index (κ3) is 4.47. The van der Waals surface area contributed by atoms with Gasteiger partial charge in [-0.2, -0.15) is 0 Å². The summed E-state index contributed by atoms with van der Waals surface area (Å²) in [5.41, 5.74) is 0. The molecule has 2 aliphatic rings. The van der Waals surface area contributed by atoms with Gasteiger partial charge in [0.05, 0.1) is 6.42 Å². The summed E-state index contributed by atoms with van der Waals surface area (Å²) >= 11 is 1.67. The van der Waals surface area contributed by atoms with Gasteiger partial charge in [0.1, 0.15) is 0 Å². The van der Waals surface area contributed by atoms with Gasteiger partial charge in [-0.25, -0.2) is 0 Å². The second-order valence-corrected chi connectivity index (χ2v) is 6.80. The molecule has 1 aliphatic heterocycles. The van der Waals surface area contributed by atoms with Crippen LogP contribution in [0.25, 0.3) is 0 Å². The Kier molecular flexibility index (Phi) is 5.87. The molecule has 0 unspecified atom stereocenters. The van der Waals surface area contributed by atoms with Gasteiger partial charge in [-0.3, -0.25) is 4.79 Å². The van der Waals surface area contributed by atoms with E-state index < -0.39 is 0 Å². The second kappa shape index (κ2) is 7.43. The maximum absolute atomic E-state index is 12.2. The van der Waals surface area contributed by atoms with Crippen molar-refractivity contribution >= 4 is 29.7 Å². The van der Waals surface area contributed by atoms with Crippen molar-refractivity contribution in [2.75, 3.05) is 19.6 Å². The van der Waals surface area contributed by atoms with E-state index in [4.69, 9.17) is 0 Å². The number of rotatable bonds is 5. The summed E-state index contributed by atoms with van der Waals surface area (Å²) in [6, 6.07) is 4.69. The molecule has 1 saturated heterocycles. The average Bonchev–Trinajstić information content (AvgIpc) is 3.13.